The van der Waals surface area contributed by atoms with Crippen molar-refractivity contribution < 1.29 is 17.3 Å². The molecule has 3 rings (SSSR count). The van der Waals surface area contributed by atoms with E-state index in [0.29, 0.717) is 21.3 Å². The number of nitrogens with zero attached hydrogens (tertiary/aromatic N) is 1. The molecule has 0 aliphatic heterocycles. The maximum atomic E-state index is 13.2. The zero-order chi connectivity index (χ0) is 20.6. The summed E-state index contributed by atoms with van der Waals surface area (Å²) in [7, 11) is -2.52. The van der Waals surface area contributed by atoms with Gasteiger partial charge in [0.2, 0.25) is 0 Å². The van der Waals surface area contributed by atoms with E-state index >= 15 is 0 Å². The van der Waals surface area contributed by atoms with E-state index in [-0.39, 0.29) is 16.6 Å². The number of benzene rings is 2. The molecule has 0 aliphatic rings. The number of hydrogen-bond acceptors (Lipinski definition) is 5. The van der Waals surface area contributed by atoms with Crippen molar-refractivity contribution >= 4 is 52.9 Å². The number of methoxy groups -OCH3 is 1. The van der Waals surface area contributed by atoms with Crippen molar-refractivity contribution in [3.8, 4) is 11.5 Å². The zero-order valence-electron chi connectivity index (χ0n) is 15.8. The second-order valence-corrected chi connectivity index (χ2v) is 9.84. The first kappa shape index (κ1) is 21.1. The minimum absolute atomic E-state index is 0.0893. The number of halogens is 2. The summed E-state index contributed by atoms with van der Waals surface area (Å²) in [5.41, 5.74) is 1.79. The Balaban J connectivity index is 2.17. The monoisotopic (exact) mass is 527 g/mol. The van der Waals surface area contributed by atoms with Gasteiger partial charge in [-0.3, -0.25) is 4.98 Å². The Bertz CT molecular complexity index is 1160. The van der Waals surface area contributed by atoms with E-state index in [4.69, 9.17) is 8.92 Å². The van der Waals surface area contributed by atoms with Crippen LogP contribution in [-0.2, 0) is 10.1 Å². The van der Waals surface area contributed by atoms with Gasteiger partial charge in [-0.25, -0.2) is 0 Å². The summed E-state index contributed by atoms with van der Waals surface area (Å²) >= 11 is 6.86. The lowest BCUT2D eigenvalue weighted by molar-refractivity contribution is 0.406. The maximum Gasteiger partial charge on any atom is 0.339 e. The maximum absolute atomic E-state index is 13.2. The Morgan fingerprint density at radius 2 is 1.82 bits per heavy atom. The van der Waals surface area contributed by atoms with Crippen molar-refractivity contribution in [2.75, 3.05) is 7.11 Å². The second-order valence-electron chi connectivity index (χ2n) is 6.62. The molecule has 1 heterocycles. The first-order valence-electron chi connectivity index (χ1n) is 8.51. The third-order valence-corrected chi connectivity index (χ3v) is 6.97. The van der Waals surface area contributed by atoms with Gasteiger partial charge in [-0.05, 0) is 64.2 Å². The van der Waals surface area contributed by atoms with Crippen molar-refractivity contribution in [2.45, 2.75) is 31.6 Å². The lowest BCUT2D eigenvalue weighted by atomic mass is 10.0. The first-order valence-corrected chi connectivity index (χ1v) is 11.5. The normalized spacial score (nSPS) is 11.8. The van der Waals surface area contributed by atoms with Crippen LogP contribution >= 0.6 is 31.9 Å². The number of aromatic nitrogens is 1. The average Bonchev–Trinajstić information content (AvgIpc) is 2.64. The number of rotatable bonds is 5. The molecule has 0 radical (unpaired) electrons. The number of aryl methyl sites for hydroxylation is 1. The van der Waals surface area contributed by atoms with E-state index in [1.807, 2.05) is 19.9 Å². The van der Waals surface area contributed by atoms with Gasteiger partial charge in [-0.15, -0.1) is 0 Å². The molecule has 0 saturated carbocycles. The quantitative estimate of drug-likeness (QED) is 0.382. The molecule has 3 aromatic rings. The molecule has 0 amide bonds. The summed E-state index contributed by atoms with van der Waals surface area (Å²) in [5.74, 6) is 0.898. The summed E-state index contributed by atoms with van der Waals surface area (Å²) in [4.78, 5) is 4.41. The number of pyridine rings is 1. The third-order valence-electron chi connectivity index (χ3n) is 4.36. The highest BCUT2D eigenvalue weighted by Gasteiger charge is 2.25. The predicted molar refractivity (Wildman–Crippen MR) is 117 cm³/mol. The largest absolute Gasteiger partial charge is 0.496 e. The average molecular weight is 529 g/mol. The third kappa shape index (κ3) is 3.90. The molecule has 8 heteroatoms. The summed E-state index contributed by atoms with van der Waals surface area (Å²) in [5, 5.41) is 0.755. The zero-order valence-corrected chi connectivity index (χ0v) is 19.8. The van der Waals surface area contributed by atoms with Gasteiger partial charge >= 0.3 is 10.1 Å². The van der Waals surface area contributed by atoms with E-state index in [2.05, 4.69) is 36.8 Å². The summed E-state index contributed by atoms with van der Waals surface area (Å²) in [6.07, 6.45) is 1.59. The Labute approximate surface area is 181 Å². The molecule has 5 nitrogen and oxygen atoms in total. The van der Waals surface area contributed by atoms with Crippen LogP contribution in [0.2, 0.25) is 0 Å². The van der Waals surface area contributed by atoms with Crippen LogP contribution in [0, 0.1) is 6.92 Å². The number of ether oxygens (including phenoxy) is 1. The fourth-order valence-electron chi connectivity index (χ4n) is 2.96. The van der Waals surface area contributed by atoms with E-state index in [1.165, 1.54) is 0 Å². The molecular weight excluding hydrogens is 510 g/mol. The van der Waals surface area contributed by atoms with Crippen molar-refractivity contribution in [3.63, 3.8) is 0 Å². The molecule has 28 heavy (non-hydrogen) atoms. The predicted octanol–water partition coefficient (Wildman–Crippen LogP) is 5.97. The van der Waals surface area contributed by atoms with Crippen molar-refractivity contribution in [2.24, 2.45) is 0 Å². The van der Waals surface area contributed by atoms with Gasteiger partial charge in [0, 0.05) is 16.1 Å². The van der Waals surface area contributed by atoms with Gasteiger partial charge in [0.1, 0.15) is 16.2 Å². The van der Waals surface area contributed by atoms with Gasteiger partial charge in [0.25, 0.3) is 0 Å². The van der Waals surface area contributed by atoms with Crippen LogP contribution in [0.1, 0.15) is 30.9 Å². The van der Waals surface area contributed by atoms with Crippen LogP contribution in [0.5, 0.6) is 11.5 Å². The van der Waals surface area contributed by atoms with Crippen molar-refractivity contribution in [3.05, 3.63) is 56.6 Å². The molecule has 0 bridgehead atoms. The fraction of sp³-hybridized carbons (Fsp3) is 0.250. The Hall–Kier alpha value is -1.64. The van der Waals surface area contributed by atoms with E-state index in [1.54, 1.807) is 44.5 Å². The van der Waals surface area contributed by atoms with Gasteiger partial charge in [-0.2, -0.15) is 8.42 Å². The SMILES string of the molecule is COc1cc(C)c(S(=O)(=O)Oc2c(Br)cc(Br)c3cccnc23)cc1C(C)C. The molecule has 0 spiro atoms. The molecular formula is C20H19Br2NO4S. The van der Waals surface area contributed by atoms with Gasteiger partial charge < -0.3 is 8.92 Å². The molecule has 0 fully saturated rings. The molecule has 0 N–H and O–H groups in total. The molecule has 1 aromatic heterocycles. The summed E-state index contributed by atoms with van der Waals surface area (Å²) in [6.45, 7) is 5.68. The van der Waals surface area contributed by atoms with Crippen LogP contribution in [0.3, 0.4) is 0 Å². The first-order chi connectivity index (χ1) is 13.2. The van der Waals surface area contributed by atoms with E-state index < -0.39 is 10.1 Å². The molecule has 148 valence electrons. The highest BCUT2D eigenvalue weighted by molar-refractivity contribution is 9.11. The number of fused-ring (bicyclic) bond motifs is 1. The second kappa shape index (κ2) is 8.00. The molecule has 2 aromatic carbocycles. The van der Waals surface area contributed by atoms with Crippen LogP contribution in [-0.4, -0.2) is 20.5 Å². The molecule has 0 saturated heterocycles. The van der Waals surface area contributed by atoms with Gasteiger partial charge in [0.15, 0.2) is 5.75 Å². The highest BCUT2D eigenvalue weighted by Crippen LogP contribution is 2.39. The summed E-state index contributed by atoms with van der Waals surface area (Å²) < 4.78 is 38.6. The lowest BCUT2D eigenvalue weighted by Crippen LogP contribution is -2.13. The van der Waals surface area contributed by atoms with Gasteiger partial charge in [-0.1, -0.05) is 35.8 Å². The fourth-order valence-corrected chi connectivity index (χ4v) is 5.62. The number of hydrogen-bond donors (Lipinski definition) is 0. The Kier molecular flexibility index (Phi) is 6.03. The molecule has 0 atom stereocenters. The Morgan fingerprint density at radius 3 is 2.46 bits per heavy atom. The van der Waals surface area contributed by atoms with Crippen LogP contribution in [0.15, 0.2) is 50.4 Å². The standard InChI is InChI=1S/C20H19Br2NO4S/c1-11(2)14-9-18(12(3)8-17(14)26-4)28(24,25)27-20-16(22)10-15(21)13-6-5-7-23-19(13)20/h5-11H,1-4H3. The highest BCUT2D eigenvalue weighted by atomic mass is 79.9. The summed E-state index contributed by atoms with van der Waals surface area (Å²) in [6, 6.07) is 8.71. The molecule has 0 aliphatic carbocycles. The van der Waals surface area contributed by atoms with E-state index in [9.17, 15) is 8.42 Å². The lowest BCUT2D eigenvalue weighted by Gasteiger charge is -2.17. The van der Waals surface area contributed by atoms with Crippen molar-refractivity contribution in [1.29, 1.82) is 0 Å². The minimum Gasteiger partial charge on any atom is -0.496 e. The minimum atomic E-state index is -4.09. The van der Waals surface area contributed by atoms with Crippen LogP contribution < -0.4 is 8.92 Å². The van der Waals surface area contributed by atoms with E-state index in [0.717, 1.165) is 15.4 Å². The Morgan fingerprint density at radius 1 is 1.11 bits per heavy atom. The molecule has 0 unspecified atom stereocenters. The van der Waals surface area contributed by atoms with Crippen LogP contribution in [0.4, 0.5) is 0 Å². The van der Waals surface area contributed by atoms with Crippen molar-refractivity contribution in [1.82, 2.24) is 4.98 Å². The van der Waals surface area contributed by atoms with Crippen LogP contribution in [0.25, 0.3) is 10.9 Å². The smallest absolute Gasteiger partial charge is 0.339 e. The topological polar surface area (TPSA) is 65.5 Å². The van der Waals surface area contributed by atoms with Gasteiger partial charge in [0.05, 0.1) is 11.6 Å².